The molecule has 0 spiro atoms. The summed E-state index contributed by atoms with van der Waals surface area (Å²) in [5.41, 5.74) is 0.366. The molecule has 3 rings (SSSR count). The molecule has 1 aliphatic heterocycles. The van der Waals surface area contributed by atoms with E-state index in [1.165, 1.54) is 0 Å². The van der Waals surface area contributed by atoms with Crippen LogP contribution in [0.1, 0.15) is 17.0 Å². The summed E-state index contributed by atoms with van der Waals surface area (Å²) < 4.78 is 66.2. The number of sulfonamides is 1. The Bertz CT molecular complexity index is 845. The second-order valence-electron chi connectivity index (χ2n) is 5.22. The lowest BCUT2D eigenvalue weighted by Gasteiger charge is -2.25. The van der Waals surface area contributed by atoms with E-state index in [9.17, 15) is 21.6 Å². The third-order valence-electron chi connectivity index (χ3n) is 3.75. The molecular formula is C13H13F3N4O2S. The zero-order valence-corrected chi connectivity index (χ0v) is 12.9. The molecule has 0 amide bonds. The molecule has 0 saturated heterocycles. The SMILES string of the molecule is Cn1nnc2c1CCN(S(=O)(=O)c1cccc(C(F)(F)F)c1)C2. The Labute approximate surface area is 130 Å². The first-order valence-corrected chi connectivity index (χ1v) is 8.18. The minimum absolute atomic E-state index is 0.00174. The molecule has 1 aromatic heterocycles. The van der Waals surface area contributed by atoms with E-state index >= 15 is 0 Å². The molecule has 6 nitrogen and oxygen atoms in total. The third kappa shape index (κ3) is 2.83. The van der Waals surface area contributed by atoms with Gasteiger partial charge in [-0.2, -0.15) is 17.5 Å². The second-order valence-corrected chi connectivity index (χ2v) is 7.16. The molecule has 1 aliphatic rings. The molecule has 1 aromatic carbocycles. The third-order valence-corrected chi connectivity index (χ3v) is 5.59. The van der Waals surface area contributed by atoms with Gasteiger partial charge in [0.2, 0.25) is 10.0 Å². The van der Waals surface area contributed by atoms with Gasteiger partial charge in [-0.25, -0.2) is 8.42 Å². The molecular weight excluding hydrogens is 333 g/mol. The maximum atomic E-state index is 12.8. The number of aryl methyl sites for hydroxylation is 1. The highest BCUT2D eigenvalue weighted by atomic mass is 32.2. The molecule has 0 N–H and O–H groups in total. The molecule has 0 fully saturated rings. The van der Waals surface area contributed by atoms with Gasteiger partial charge in [-0.15, -0.1) is 5.10 Å². The van der Waals surface area contributed by atoms with Gasteiger partial charge in [-0.3, -0.25) is 4.68 Å². The summed E-state index contributed by atoms with van der Waals surface area (Å²) in [6.45, 7) is 0.175. The first-order valence-electron chi connectivity index (χ1n) is 6.74. The fourth-order valence-corrected chi connectivity index (χ4v) is 3.96. The summed E-state index contributed by atoms with van der Waals surface area (Å²) in [6.07, 6.45) is -4.18. The molecule has 124 valence electrons. The number of hydrogen-bond donors (Lipinski definition) is 0. The number of rotatable bonds is 2. The van der Waals surface area contributed by atoms with E-state index in [4.69, 9.17) is 0 Å². The largest absolute Gasteiger partial charge is 0.416 e. The number of alkyl halides is 3. The first-order chi connectivity index (χ1) is 10.7. The maximum absolute atomic E-state index is 12.8. The van der Waals surface area contributed by atoms with Crippen LogP contribution in [0.2, 0.25) is 0 Å². The molecule has 0 aliphatic carbocycles. The fraction of sp³-hybridized carbons (Fsp3) is 0.385. The molecule has 0 saturated carbocycles. The van der Waals surface area contributed by atoms with Gasteiger partial charge in [0.1, 0.15) is 5.69 Å². The van der Waals surface area contributed by atoms with Gasteiger partial charge in [0.25, 0.3) is 0 Å². The van der Waals surface area contributed by atoms with Crippen molar-refractivity contribution < 1.29 is 21.6 Å². The van der Waals surface area contributed by atoms with Gasteiger partial charge in [0, 0.05) is 20.0 Å². The van der Waals surface area contributed by atoms with Gasteiger partial charge in [-0.1, -0.05) is 11.3 Å². The van der Waals surface area contributed by atoms with Crippen LogP contribution in [-0.4, -0.2) is 34.3 Å². The van der Waals surface area contributed by atoms with Crippen molar-refractivity contribution in [3.05, 3.63) is 41.2 Å². The van der Waals surface area contributed by atoms with Crippen molar-refractivity contribution in [2.24, 2.45) is 7.05 Å². The van der Waals surface area contributed by atoms with Gasteiger partial charge in [0.15, 0.2) is 0 Å². The average molecular weight is 346 g/mol. The number of halogens is 3. The summed E-state index contributed by atoms with van der Waals surface area (Å²) in [6, 6.07) is 3.75. The fourth-order valence-electron chi connectivity index (χ4n) is 2.51. The van der Waals surface area contributed by atoms with Crippen LogP contribution in [0, 0.1) is 0 Å². The van der Waals surface area contributed by atoms with Crippen LogP contribution in [0.4, 0.5) is 13.2 Å². The monoisotopic (exact) mass is 346 g/mol. The van der Waals surface area contributed by atoms with Crippen molar-refractivity contribution in [3.63, 3.8) is 0 Å². The van der Waals surface area contributed by atoms with Gasteiger partial charge >= 0.3 is 6.18 Å². The van der Waals surface area contributed by atoms with Crippen molar-refractivity contribution in [1.82, 2.24) is 19.3 Å². The lowest BCUT2D eigenvalue weighted by molar-refractivity contribution is -0.137. The van der Waals surface area contributed by atoms with Crippen LogP contribution in [0.5, 0.6) is 0 Å². The topological polar surface area (TPSA) is 68.1 Å². The summed E-state index contributed by atoms with van der Waals surface area (Å²) in [7, 11) is -2.31. The van der Waals surface area contributed by atoms with Gasteiger partial charge in [-0.05, 0) is 18.2 Å². The van der Waals surface area contributed by atoms with Crippen LogP contribution < -0.4 is 0 Å². The van der Waals surface area contributed by atoms with E-state index in [1.807, 2.05) is 0 Å². The summed E-state index contributed by atoms with van der Waals surface area (Å²) in [5.74, 6) is 0. The summed E-state index contributed by atoms with van der Waals surface area (Å²) in [5, 5.41) is 7.73. The predicted octanol–water partition coefficient (Wildman–Crippen LogP) is 1.58. The Morgan fingerprint density at radius 1 is 1.26 bits per heavy atom. The molecule has 0 radical (unpaired) electrons. The molecule has 2 aromatic rings. The van der Waals surface area contributed by atoms with Crippen LogP contribution in [0.3, 0.4) is 0 Å². The van der Waals surface area contributed by atoms with E-state index in [1.54, 1.807) is 11.7 Å². The van der Waals surface area contributed by atoms with Gasteiger partial charge in [0.05, 0.1) is 22.7 Å². The first kappa shape index (κ1) is 15.9. The standard InChI is InChI=1S/C13H13F3N4O2S/c1-19-12-5-6-20(8-11(12)17-18-19)23(21,22)10-4-2-3-9(7-10)13(14,15)16/h2-4,7H,5-6,8H2,1H3. The number of fused-ring (bicyclic) bond motifs is 1. The molecule has 10 heteroatoms. The van der Waals surface area contributed by atoms with Crippen LogP contribution >= 0.6 is 0 Å². The lowest BCUT2D eigenvalue weighted by Crippen LogP contribution is -2.36. The highest BCUT2D eigenvalue weighted by Gasteiger charge is 2.34. The second kappa shape index (κ2) is 5.31. The minimum Gasteiger partial charge on any atom is -0.252 e. The van der Waals surface area contributed by atoms with Crippen molar-refractivity contribution >= 4 is 10.0 Å². The number of nitrogens with zero attached hydrogens (tertiary/aromatic N) is 4. The highest BCUT2D eigenvalue weighted by molar-refractivity contribution is 7.89. The van der Waals surface area contributed by atoms with Crippen molar-refractivity contribution in [2.75, 3.05) is 6.54 Å². The van der Waals surface area contributed by atoms with E-state index in [2.05, 4.69) is 10.3 Å². The smallest absolute Gasteiger partial charge is 0.252 e. The Hall–Kier alpha value is -1.94. The van der Waals surface area contributed by atoms with Crippen LogP contribution in [0.25, 0.3) is 0 Å². The van der Waals surface area contributed by atoms with E-state index in [0.29, 0.717) is 18.2 Å². The van der Waals surface area contributed by atoms with Crippen molar-refractivity contribution in [1.29, 1.82) is 0 Å². The van der Waals surface area contributed by atoms with E-state index < -0.39 is 21.8 Å². The Balaban J connectivity index is 1.94. The van der Waals surface area contributed by atoms with E-state index in [0.717, 1.165) is 28.2 Å². The van der Waals surface area contributed by atoms with Crippen LogP contribution in [-0.2, 0) is 36.2 Å². The van der Waals surface area contributed by atoms with E-state index in [-0.39, 0.29) is 18.0 Å². The summed E-state index contributed by atoms with van der Waals surface area (Å²) in [4.78, 5) is -0.375. The number of aromatic nitrogens is 3. The van der Waals surface area contributed by atoms with Crippen LogP contribution in [0.15, 0.2) is 29.2 Å². The Morgan fingerprint density at radius 3 is 2.70 bits per heavy atom. The zero-order chi connectivity index (χ0) is 16.8. The lowest BCUT2D eigenvalue weighted by atomic mass is 10.2. The molecule has 0 atom stereocenters. The predicted molar refractivity (Wildman–Crippen MR) is 73.7 cm³/mol. The molecule has 23 heavy (non-hydrogen) atoms. The minimum atomic E-state index is -4.59. The van der Waals surface area contributed by atoms with Gasteiger partial charge < -0.3 is 0 Å². The quantitative estimate of drug-likeness (QED) is 0.828. The molecule has 0 bridgehead atoms. The Morgan fingerprint density at radius 2 is 2.00 bits per heavy atom. The number of hydrogen-bond acceptors (Lipinski definition) is 4. The van der Waals surface area contributed by atoms with Crippen molar-refractivity contribution in [3.8, 4) is 0 Å². The average Bonchev–Trinajstić information content (AvgIpc) is 2.87. The maximum Gasteiger partial charge on any atom is 0.416 e. The Kier molecular flexibility index (Phi) is 3.68. The molecule has 2 heterocycles. The summed E-state index contributed by atoms with van der Waals surface area (Å²) >= 11 is 0. The van der Waals surface area contributed by atoms with Crippen molar-refractivity contribution in [2.45, 2.75) is 24.0 Å². The highest BCUT2D eigenvalue weighted by Crippen LogP contribution is 2.31. The zero-order valence-electron chi connectivity index (χ0n) is 12.1. The normalized spacial score (nSPS) is 16.3. The molecule has 0 unspecified atom stereocenters. The number of benzene rings is 1.